The van der Waals surface area contributed by atoms with Crippen LogP contribution in [0.4, 0.5) is 11.4 Å². The van der Waals surface area contributed by atoms with Gasteiger partial charge in [-0.3, -0.25) is 14.4 Å². The van der Waals surface area contributed by atoms with Gasteiger partial charge in [-0.05, 0) is 44.2 Å². The zero-order valence-corrected chi connectivity index (χ0v) is 17.4. The van der Waals surface area contributed by atoms with Crippen LogP contribution in [-0.4, -0.2) is 50.2 Å². The Hall–Kier alpha value is -3.20. The number of nitrogens with zero attached hydrogens (tertiary/aromatic N) is 1. The van der Waals surface area contributed by atoms with Crippen molar-refractivity contribution >= 4 is 38.8 Å². The molecule has 0 bridgehead atoms. The van der Waals surface area contributed by atoms with Gasteiger partial charge in [0.15, 0.2) is 22.2 Å². The van der Waals surface area contributed by atoms with Crippen molar-refractivity contribution in [2.24, 2.45) is 0 Å². The number of likely N-dealkylation sites (N-methyl/N-ethyl adjacent to an activating group) is 1. The van der Waals surface area contributed by atoms with Crippen LogP contribution in [0.25, 0.3) is 0 Å². The van der Waals surface area contributed by atoms with Gasteiger partial charge < -0.3 is 15.0 Å². The van der Waals surface area contributed by atoms with Crippen LogP contribution in [0.5, 0.6) is 5.75 Å². The number of benzene rings is 2. The highest BCUT2D eigenvalue weighted by Gasteiger charge is 2.32. The van der Waals surface area contributed by atoms with Gasteiger partial charge in [-0.2, -0.15) is 0 Å². The highest BCUT2D eigenvalue weighted by Crippen LogP contribution is 2.33. The van der Waals surface area contributed by atoms with Crippen molar-refractivity contribution in [3.05, 3.63) is 54.1 Å². The van der Waals surface area contributed by atoms with Gasteiger partial charge >= 0.3 is 0 Å². The standard InChI is InChI=1S/C21H22N2O6S/c1-3-23-17-11-15(9-10-18(17)29-12-20(23)25)21(26)14(2)30(27,28)13-19(24)22-16-7-5-4-6-8-16/h4-11,14H,3,12-13H2,1-2H3,(H,22,24). The summed E-state index contributed by atoms with van der Waals surface area (Å²) in [6, 6.07) is 12.9. The second kappa shape index (κ2) is 8.66. The molecule has 0 radical (unpaired) electrons. The van der Waals surface area contributed by atoms with E-state index in [0.717, 1.165) is 0 Å². The highest BCUT2D eigenvalue weighted by molar-refractivity contribution is 7.93. The number of nitrogens with one attached hydrogen (secondary N) is 1. The molecule has 30 heavy (non-hydrogen) atoms. The first-order valence-electron chi connectivity index (χ1n) is 9.41. The maximum Gasteiger partial charge on any atom is 0.265 e. The molecule has 2 amide bonds. The molecule has 0 spiro atoms. The molecule has 1 aliphatic rings. The number of hydrogen-bond acceptors (Lipinski definition) is 6. The second-order valence-electron chi connectivity index (χ2n) is 6.84. The quantitative estimate of drug-likeness (QED) is 0.674. The summed E-state index contributed by atoms with van der Waals surface area (Å²) in [6.45, 7) is 3.35. The molecule has 1 heterocycles. The zero-order chi connectivity index (χ0) is 21.9. The number of amides is 2. The van der Waals surface area contributed by atoms with E-state index in [1.807, 2.05) is 0 Å². The fourth-order valence-corrected chi connectivity index (χ4v) is 4.28. The second-order valence-corrected chi connectivity index (χ2v) is 9.16. The highest BCUT2D eigenvalue weighted by atomic mass is 32.2. The van der Waals surface area contributed by atoms with Crippen LogP contribution in [-0.2, 0) is 19.4 Å². The van der Waals surface area contributed by atoms with Crippen molar-refractivity contribution in [3.63, 3.8) is 0 Å². The van der Waals surface area contributed by atoms with Gasteiger partial charge in [-0.1, -0.05) is 18.2 Å². The molecule has 8 nitrogen and oxygen atoms in total. The third-order valence-electron chi connectivity index (χ3n) is 4.80. The SMILES string of the molecule is CCN1C(=O)COc2ccc(C(=O)C(C)S(=O)(=O)CC(=O)Nc3ccccc3)cc21. The number of rotatable bonds is 7. The van der Waals surface area contributed by atoms with E-state index >= 15 is 0 Å². The Labute approximate surface area is 174 Å². The lowest BCUT2D eigenvalue weighted by Gasteiger charge is -2.28. The molecule has 0 aromatic heterocycles. The molecule has 0 saturated carbocycles. The van der Waals surface area contributed by atoms with E-state index in [0.29, 0.717) is 23.7 Å². The first-order chi connectivity index (χ1) is 14.2. The van der Waals surface area contributed by atoms with Crippen LogP contribution in [0.15, 0.2) is 48.5 Å². The van der Waals surface area contributed by atoms with Gasteiger partial charge in [-0.25, -0.2) is 8.42 Å². The normalized spacial score (nSPS) is 14.5. The number of fused-ring (bicyclic) bond motifs is 1. The van der Waals surface area contributed by atoms with E-state index in [9.17, 15) is 22.8 Å². The Morgan fingerprint density at radius 2 is 1.87 bits per heavy atom. The first-order valence-corrected chi connectivity index (χ1v) is 11.1. The van der Waals surface area contributed by atoms with Crippen LogP contribution in [0.1, 0.15) is 24.2 Å². The molecule has 3 rings (SSSR count). The summed E-state index contributed by atoms with van der Waals surface area (Å²) in [5.41, 5.74) is 1.02. The Morgan fingerprint density at radius 1 is 1.17 bits per heavy atom. The van der Waals surface area contributed by atoms with Crippen LogP contribution >= 0.6 is 0 Å². The average Bonchev–Trinajstić information content (AvgIpc) is 2.72. The molecule has 1 aliphatic heterocycles. The topological polar surface area (TPSA) is 110 Å². The lowest BCUT2D eigenvalue weighted by Crippen LogP contribution is -2.39. The number of ether oxygens (including phenoxy) is 1. The maximum absolute atomic E-state index is 12.8. The third kappa shape index (κ3) is 4.51. The maximum atomic E-state index is 12.8. The molecular weight excluding hydrogens is 408 g/mol. The van der Waals surface area contributed by atoms with Crippen molar-refractivity contribution in [1.82, 2.24) is 0 Å². The molecule has 0 fully saturated rings. The smallest absolute Gasteiger partial charge is 0.265 e. The number of anilines is 2. The molecule has 9 heteroatoms. The number of sulfone groups is 1. The molecular formula is C21H22N2O6S. The number of carbonyl (C=O) groups is 3. The molecule has 0 aliphatic carbocycles. The fourth-order valence-electron chi connectivity index (χ4n) is 3.13. The average molecular weight is 430 g/mol. The van der Waals surface area contributed by atoms with Gasteiger partial charge in [0.05, 0.1) is 5.69 Å². The Bertz CT molecular complexity index is 1080. The number of carbonyl (C=O) groups excluding carboxylic acids is 3. The summed E-state index contributed by atoms with van der Waals surface area (Å²) in [6.07, 6.45) is 0. The van der Waals surface area contributed by atoms with Crippen molar-refractivity contribution in [2.45, 2.75) is 19.1 Å². The van der Waals surface area contributed by atoms with Crippen LogP contribution < -0.4 is 15.0 Å². The largest absolute Gasteiger partial charge is 0.482 e. The van der Waals surface area contributed by atoms with Gasteiger partial charge in [0.2, 0.25) is 5.91 Å². The van der Waals surface area contributed by atoms with Gasteiger partial charge in [0.1, 0.15) is 16.8 Å². The lowest BCUT2D eigenvalue weighted by molar-refractivity contribution is -0.121. The monoisotopic (exact) mass is 430 g/mol. The number of hydrogen-bond donors (Lipinski definition) is 1. The predicted octanol–water partition coefficient (Wildman–Crippen LogP) is 2.06. The van der Waals surface area contributed by atoms with E-state index in [-0.39, 0.29) is 18.1 Å². The Balaban J connectivity index is 1.77. The molecule has 0 saturated heterocycles. The van der Waals surface area contributed by atoms with Gasteiger partial charge in [0.25, 0.3) is 5.91 Å². The summed E-state index contributed by atoms with van der Waals surface area (Å²) in [7, 11) is -4.05. The van der Waals surface area contributed by atoms with E-state index in [1.54, 1.807) is 43.3 Å². The minimum Gasteiger partial charge on any atom is -0.482 e. The summed E-state index contributed by atoms with van der Waals surface area (Å²) in [4.78, 5) is 38.5. The Kier molecular flexibility index (Phi) is 6.21. The van der Waals surface area contributed by atoms with E-state index < -0.39 is 32.5 Å². The first kappa shape index (κ1) is 21.5. The summed E-state index contributed by atoms with van der Waals surface area (Å²) in [5.74, 6) is -1.98. The zero-order valence-electron chi connectivity index (χ0n) is 16.6. The van der Waals surface area contributed by atoms with Crippen molar-refractivity contribution in [2.75, 3.05) is 29.1 Å². The van der Waals surface area contributed by atoms with Crippen molar-refractivity contribution in [1.29, 1.82) is 0 Å². The number of Topliss-reactive ketones (excluding diaryl/α,β-unsaturated/α-hetero) is 1. The van der Waals surface area contributed by atoms with E-state index in [2.05, 4.69) is 5.32 Å². The summed E-state index contributed by atoms with van der Waals surface area (Å²) >= 11 is 0. The third-order valence-corrected chi connectivity index (χ3v) is 6.76. The Morgan fingerprint density at radius 3 is 2.53 bits per heavy atom. The van der Waals surface area contributed by atoms with Crippen LogP contribution in [0.2, 0.25) is 0 Å². The molecule has 1 N–H and O–H groups in total. The number of para-hydroxylation sites is 1. The summed E-state index contributed by atoms with van der Waals surface area (Å²) in [5, 5.41) is 1.08. The minimum atomic E-state index is -4.05. The lowest BCUT2D eigenvalue weighted by atomic mass is 10.1. The van der Waals surface area contributed by atoms with Gasteiger partial charge in [-0.15, -0.1) is 0 Å². The van der Waals surface area contributed by atoms with E-state index in [4.69, 9.17) is 4.74 Å². The molecule has 2 aromatic rings. The van der Waals surface area contributed by atoms with Crippen molar-refractivity contribution < 1.29 is 27.5 Å². The molecule has 1 unspecified atom stereocenters. The van der Waals surface area contributed by atoms with Crippen molar-refractivity contribution in [3.8, 4) is 5.75 Å². The minimum absolute atomic E-state index is 0.0879. The van der Waals surface area contributed by atoms with Crippen LogP contribution in [0, 0.1) is 0 Å². The molecule has 2 aromatic carbocycles. The van der Waals surface area contributed by atoms with E-state index in [1.165, 1.54) is 24.0 Å². The summed E-state index contributed by atoms with van der Waals surface area (Å²) < 4.78 is 30.6. The molecule has 158 valence electrons. The fraction of sp³-hybridized carbons (Fsp3) is 0.286. The van der Waals surface area contributed by atoms with Crippen LogP contribution in [0.3, 0.4) is 0 Å². The van der Waals surface area contributed by atoms with Gasteiger partial charge in [0, 0.05) is 17.8 Å². The predicted molar refractivity (Wildman–Crippen MR) is 113 cm³/mol. The number of ketones is 1. The molecule has 1 atom stereocenters.